The molecule has 0 unspecified atom stereocenters. The quantitative estimate of drug-likeness (QED) is 0.585. The molecule has 3 N–H and O–H groups in total. The summed E-state index contributed by atoms with van der Waals surface area (Å²) in [5, 5.41) is 15.3. The lowest BCUT2D eigenvalue weighted by molar-refractivity contribution is -0.144. The number of benzene rings is 2. The number of hydrogen-bond donors (Lipinski definition) is 3. The van der Waals surface area contributed by atoms with Crippen molar-refractivity contribution in [2.45, 2.75) is 44.1 Å². The first-order valence-corrected chi connectivity index (χ1v) is 12.1. The Morgan fingerprint density at radius 1 is 0.971 bits per heavy atom. The van der Waals surface area contributed by atoms with Crippen LogP contribution in [0, 0.1) is 16.7 Å². The highest BCUT2D eigenvalue weighted by Gasteiger charge is 2.66. The van der Waals surface area contributed by atoms with Crippen molar-refractivity contribution in [3.05, 3.63) is 59.7 Å². The van der Waals surface area contributed by atoms with Gasteiger partial charge in [-0.2, -0.15) is 0 Å². The minimum Gasteiger partial charge on any atom is -0.481 e. The highest BCUT2D eigenvalue weighted by atomic mass is 16.5. The van der Waals surface area contributed by atoms with Crippen molar-refractivity contribution < 1.29 is 24.2 Å². The van der Waals surface area contributed by atoms with E-state index < -0.39 is 22.9 Å². The summed E-state index contributed by atoms with van der Waals surface area (Å²) in [4.78, 5) is 36.9. The number of hydrogen-bond acceptors (Lipinski definition) is 4. The number of carboxylic acid groups (broad SMARTS) is 1. The molecule has 0 heterocycles. The second-order valence-corrected chi connectivity index (χ2v) is 10.4. The summed E-state index contributed by atoms with van der Waals surface area (Å²) in [5.41, 5.74) is 3.44. The van der Waals surface area contributed by atoms with Gasteiger partial charge in [0.05, 0.1) is 10.8 Å². The van der Waals surface area contributed by atoms with Crippen LogP contribution in [-0.2, 0) is 14.3 Å². The molecule has 0 spiro atoms. The normalized spacial score (nSPS) is 27.2. The molecule has 2 aromatic carbocycles. The number of carbonyl (C=O) groups is 3. The minimum atomic E-state index is -0.743. The van der Waals surface area contributed by atoms with Crippen molar-refractivity contribution in [3.8, 4) is 11.1 Å². The van der Waals surface area contributed by atoms with E-state index in [1.54, 1.807) is 0 Å². The number of alkyl carbamates (subject to hydrolysis) is 1. The number of amides is 2. The highest BCUT2D eigenvalue weighted by molar-refractivity contribution is 5.87. The maximum Gasteiger partial charge on any atom is 0.407 e. The molecule has 7 heteroatoms. The van der Waals surface area contributed by atoms with Crippen molar-refractivity contribution >= 4 is 18.0 Å². The van der Waals surface area contributed by atoms with Crippen LogP contribution in [0.1, 0.15) is 49.1 Å². The number of rotatable bonds is 7. The lowest BCUT2D eigenvalue weighted by atomic mass is 9.98. The van der Waals surface area contributed by atoms with E-state index in [1.807, 2.05) is 24.3 Å². The van der Waals surface area contributed by atoms with E-state index >= 15 is 0 Å². The van der Waals surface area contributed by atoms with Crippen molar-refractivity contribution in [2.75, 3.05) is 13.2 Å². The molecule has 4 aliphatic carbocycles. The molecular weight excluding hydrogens is 432 g/mol. The van der Waals surface area contributed by atoms with E-state index in [0.717, 1.165) is 24.0 Å². The topological polar surface area (TPSA) is 105 Å². The molecule has 0 bridgehead atoms. The molecule has 2 amide bonds. The summed E-state index contributed by atoms with van der Waals surface area (Å²) in [6.07, 6.45) is 2.87. The van der Waals surface area contributed by atoms with Crippen LogP contribution in [0.25, 0.3) is 11.1 Å². The fraction of sp³-hybridized carbons (Fsp3) is 0.444. The molecule has 4 aliphatic rings. The third-order valence-corrected chi connectivity index (χ3v) is 8.42. The van der Waals surface area contributed by atoms with Crippen LogP contribution < -0.4 is 10.6 Å². The molecule has 2 aromatic rings. The summed E-state index contributed by atoms with van der Waals surface area (Å²) in [7, 11) is 0. The average molecular weight is 461 g/mol. The summed E-state index contributed by atoms with van der Waals surface area (Å²) in [6.45, 7) is 0.468. The Kier molecular flexibility index (Phi) is 4.73. The summed E-state index contributed by atoms with van der Waals surface area (Å²) >= 11 is 0. The highest BCUT2D eigenvalue weighted by Crippen LogP contribution is 2.63. The second kappa shape index (κ2) is 7.58. The van der Waals surface area contributed by atoms with Crippen LogP contribution >= 0.6 is 0 Å². The minimum absolute atomic E-state index is 0.00769. The number of carbonyl (C=O) groups excluding carboxylic acids is 2. The van der Waals surface area contributed by atoms with Gasteiger partial charge in [-0.3, -0.25) is 9.59 Å². The largest absolute Gasteiger partial charge is 0.481 e. The number of nitrogens with one attached hydrogen (secondary N) is 2. The van der Waals surface area contributed by atoms with E-state index in [1.165, 1.54) is 11.1 Å². The van der Waals surface area contributed by atoms with Crippen LogP contribution in [0.2, 0.25) is 0 Å². The van der Waals surface area contributed by atoms with Crippen molar-refractivity contribution in [1.82, 2.24) is 10.6 Å². The Balaban J connectivity index is 1.02. The van der Waals surface area contributed by atoms with Crippen LogP contribution in [0.15, 0.2) is 48.5 Å². The van der Waals surface area contributed by atoms with Crippen molar-refractivity contribution in [1.29, 1.82) is 0 Å². The predicted octanol–water partition coefficient (Wildman–Crippen LogP) is 3.67. The number of aliphatic carboxylic acids is 1. The van der Waals surface area contributed by atoms with Gasteiger partial charge in [-0.15, -0.1) is 0 Å². The molecule has 0 aromatic heterocycles. The average Bonchev–Trinajstić information content (AvgIpc) is 3.72. The van der Waals surface area contributed by atoms with E-state index in [9.17, 15) is 19.5 Å². The van der Waals surface area contributed by atoms with E-state index in [2.05, 4.69) is 34.9 Å². The van der Waals surface area contributed by atoms with Gasteiger partial charge in [0.1, 0.15) is 6.61 Å². The first-order valence-electron chi connectivity index (χ1n) is 12.1. The zero-order valence-electron chi connectivity index (χ0n) is 18.9. The van der Waals surface area contributed by atoms with Gasteiger partial charge in [0.15, 0.2) is 0 Å². The molecule has 7 nitrogen and oxygen atoms in total. The van der Waals surface area contributed by atoms with Gasteiger partial charge in [-0.1, -0.05) is 48.5 Å². The number of ether oxygens (including phenoxy) is 1. The van der Waals surface area contributed by atoms with Crippen LogP contribution in [0.3, 0.4) is 0 Å². The second-order valence-electron chi connectivity index (χ2n) is 10.4. The Bertz CT molecular complexity index is 1140. The maximum atomic E-state index is 12.9. The summed E-state index contributed by atoms with van der Waals surface area (Å²) in [6, 6.07) is 16.3. The van der Waals surface area contributed by atoms with E-state index in [4.69, 9.17) is 4.74 Å². The first-order chi connectivity index (χ1) is 16.4. The monoisotopic (exact) mass is 460 g/mol. The Hall–Kier alpha value is -3.35. The standard InChI is InChI=1S/C27H28N2O5/c30-23(29-17-11-16-12-27(16,13-17)24(31)32)26(9-10-26)15-28-25(33)34-14-22-20-7-3-1-5-18(20)19-6-2-4-8-21(19)22/h1-8,16-17,22H,9-15H2,(H,28,33)(H,29,30)(H,31,32)/t16-,17+,27+/m0/s1. The molecule has 3 atom stereocenters. The molecule has 0 saturated heterocycles. The molecule has 6 rings (SSSR count). The first kappa shape index (κ1) is 21.2. The van der Waals surface area contributed by atoms with Crippen LogP contribution in [0.4, 0.5) is 4.79 Å². The van der Waals surface area contributed by atoms with Gasteiger partial charge in [-0.25, -0.2) is 4.79 Å². The summed E-state index contributed by atoms with van der Waals surface area (Å²) in [5.74, 6) is -0.651. The number of carboxylic acids is 1. The lowest BCUT2D eigenvalue weighted by Gasteiger charge is -2.21. The molecule has 0 aliphatic heterocycles. The summed E-state index contributed by atoms with van der Waals surface area (Å²) < 4.78 is 5.59. The maximum absolute atomic E-state index is 12.9. The van der Waals surface area contributed by atoms with Crippen molar-refractivity contribution in [2.24, 2.45) is 16.7 Å². The fourth-order valence-electron chi connectivity index (χ4n) is 6.13. The molecule has 0 radical (unpaired) electrons. The number of fused-ring (bicyclic) bond motifs is 4. The van der Waals surface area contributed by atoms with Gasteiger partial charge in [0, 0.05) is 18.5 Å². The van der Waals surface area contributed by atoms with E-state index in [-0.39, 0.29) is 36.9 Å². The SMILES string of the molecule is O=C(NCC1(C(=O)N[C@@H]2C[C@H]3C[C@@]3(C(=O)O)C2)CC1)OCC1c2ccccc2-c2ccccc21. The molecule has 3 fully saturated rings. The van der Waals surface area contributed by atoms with Gasteiger partial charge < -0.3 is 20.5 Å². The lowest BCUT2D eigenvalue weighted by Crippen LogP contribution is -2.44. The molecule has 34 heavy (non-hydrogen) atoms. The smallest absolute Gasteiger partial charge is 0.407 e. The zero-order valence-corrected chi connectivity index (χ0v) is 18.9. The van der Waals surface area contributed by atoms with Gasteiger partial charge in [0.2, 0.25) is 5.91 Å². The Morgan fingerprint density at radius 2 is 1.62 bits per heavy atom. The van der Waals surface area contributed by atoms with Gasteiger partial charge in [-0.05, 0) is 60.3 Å². The zero-order chi connectivity index (χ0) is 23.5. The predicted molar refractivity (Wildman–Crippen MR) is 124 cm³/mol. The third-order valence-electron chi connectivity index (χ3n) is 8.42. The van der Waals surface area contributed by atoms with Crippen LogP contribution in [0.5, 0.6) is 0 Å². The molecular formula is C27H28N2O5. The fourth-order valence-corrected chi connectivity index (χ4v) is 6.13. The van der Waals surface area contributed by atoms with Crippen molar-refractivity contribution in [3.63, 3.8) is 0 Å². The van der Waals surface area contributed by atoms with Gasteiger partial charge >= 0.3 is 12.1 Å². The molecule has 176 valence electrons. The Morgan fingerprint density at radius 3 is 2.21 bits per heavy atom. The van der Waals surface area contributed by atoms with Gasteiger partial charge in [0.25, 0.3) is 0 Å². The molecule has 3 saturated carbocycles. The Labute approximate surface area is 197 Å². The van der Waals surface area contributed by atoms with Crippen LogP contribution in [-0.4, -0.2) is 42.3 Å². The third kappa shape index (κ3) is 3.37. The van der Waals surface area contributed by atoms with E-state index in [0.29, 0.717) is 19.3 Å².